The van der Waals surface area contributed by atoms with Crippen molar-refractivity contribution < 1.29 is 9.66 Å². The molecule has 0 spiro atoms. The van der Waals surface area contributed by atoms with Gasteiger partial charge in [0.2, 0.25) is 0 Å². The molecule has 1 aromatic carbocycles. The van der Waals surface area contributed by atoms with Crippen LogP contribution in [0.5, 0.6) is 5.75 Å². The molecule has 3 heterocycles. The van der Waals surface area contributed by atoms with Crippen LogP contribution in [0.15, 0.2) is 48.7 Å². The molecule has 0 radical (unpaired) electrons. The highest BCUT2D eigenvalue weighted by atomic mass is 32.1. The average Bonchev–Trinajstić information content (AvgIpc) is 3.32. The Morgan fingerprint density at radius 2 is 2.00 bits per heavy atom. The van der Waals surface area contributed by atoms with Crippen LogP contribution in [-0.4, -0.2) is 63.7 Å². The Morgan fingerprint density at radius 3 is 2.63 bits per heavy atom. The Labute approximate surface area is 210 Å². The van der Waals surface area contributed by atoms with E-state index in [0.717, 1.165) is 35.7 Å². The highest BCUT2D eigenvalue weighted by Gasteiger charge is 2.41. The fourth-order valence-electron chi connectivity index (χ4n) is 4.72. The second kappa shape index (κ2) is 10.0. The molecule has 1 aliphatic rings. The number of nitrogens with zero attached hydrogens (tertiary/aromatic N) is 5. The van der Waals surface area contributed by atoms with E-state index in [2.05, 4.69) is 26.2 Å². The van der Waals surface area contributed by atoms with Gasteiger partial charge in [0.05, 0.1) is 35.5 Å². The zero-order valence-electron chi connectivity index (χ0n) is 20.6. The van der Waals surface area contributed by atoms with Crippen LogP contribution in [0.3, 0.4) is 0 Å². The number of pyridine rings is 1. The fraction of sp³-hybridized carbons (Fsp3) is 0.360. The second-order valence-corrected chi connectivity index (χ2v) is 9.29. The molecule has 184 valence electrons. The zero-order chi connectivity index (χ0) is 25.3. The van der Waals surface area contributed by atoms with E-state index >= 15 is 0 Å². The number of hydrogen-bond donors (Lipinski definition) is 1. The van der Waals surface area contributed by atoms with Gasteiger partial charge in [-0.25, -0.2) is 0 Å². The van der Waals surface area contributed by atoms with Crippen molar-refractivity contribution in [2.75, 3.05) is 34.3 Å². The van der Waals surface area contributed by atoms with Crippen LogP contribution < -0.4 is 10.1 Å². The van der Waals surface area contributed by atoms with Gasteiger partial charge in [0.25, 0.3) is 5.69 Å². The quantitative estimate of drug-likeness (QED) is 0.286. The van der Waals surface area contributed by atoms with Crippen molar-refractivity contribution in [3.05, 3.63) is 81.4 Å². The molecule has 0 amide bonds. The van der Waals surface area contributed by atoms with E-state index in [0.29, 0.717) is 16.5 Å². The average molecular weight is 495 g/mol. The Bertz CT molecular complexity index is 1240. The maximum absolute atomic E-state index is 11.5. The van der Waals surface area contributed by atoms with Gasteiger partial charge in [-0.3, -0.25) is 15.1 Å². The van der Waals surface area contributed by atoms with Gasteiger partial charge >= 0.3 is 0 Å². The summed E-state index contributed by atoms with van der Waals surface area (Å²) >= 11 is 5.78. The molecule has 2 aromatic heterocycles. The van der Waals surface area contributed by atoms with Crippen molar-refractivity contribution in [1.29, 1.82) is 0 Å². The number of thiocarbonyl (C=S) groups is 1. The molecule has 0 bridgehead atoms. The van der Waals surface area contributed by atoms with Gasteiger partial charge in [-0.05, 0) is 70.0 Å². The molecule has 1 fully saturated rings. The summed E-state index contributed by atoms with van der Waals surface area (Å²) in [5, 5.41) is 15.7. The van der Waals surface area contributed by atoms with Crippen molar-refractivity contribution in [1.82, 2.24) is 24.7 Å². The van der Waals surface area contributed by atoms with E-state index in [4.69, 9.17) is 17.0 Å². The van der Waals surface area contributed by atoms with Crippen LogP contribution in [0.4, 0.5) is 5.69 Å². The molecule has 0 aliphatic carbocycles. The number of aromatic nitrogens is 2. The van der Waals surface area contributed by atoms with Crippen LogP contribution in [0.2, 0.25) is 0 Å². The summed E-state index contributed by atoms with van der Waals surface area (Å²) in [7, 11) is 5.65. The summed E-state index contributed by atoms with van der Waals surface area (Å²) in [4.78, 5) is 20.1. The van der Waals surface area contributed by atoms with Crippen LogP contribution >= 0.6 is 12.2 Å². The summed E-state index contributed by atoms with van der Waals surface area (Å²) in [6, 6.07) is 12.4. The standard InChI is InChI=1S/C25H30N6O3S/c1-16-14-19(17(2)30(16)21-15-18(31(32)33)9-10-22(21)34-5)24-23(20-8-6-7-11-26-20)27-25(35)29(24)13-12-28(3)4/h6-11,14-15,23-24H,12-13H2,1-5H3,(H,27,35)/t23-,24-/m1/s1. The van der Waals surface area contributed by atoms with Gasteiger partial charge in [-0.15, -0.1) is 0 Å². The Kier molecular flexibility index (Phi) is 7.04. The fourth-order valence-corrected chi connectivity index (χ4v) is 5.05. The third kappa shape index (κ3) is 4.71. The highest BCUT2D eigenvalue weighted by Crippen LogP contribution is 2.42. The number of rotatable bonds is 8. The van der Waals surface area contributed by atoms with Crippen LogP contribution in [0, 0.1) is 24.0 Å². The van der Waals surface area contributed by atoms with E-state index in [9.17, 15) is 10.1 Å². The third-order valence-corrected chi connectivity index (χ3v) is 6.74. The molecule has 1 aliphatic heterocycles. The van der Waals surface area contributed by atoms with Crippen molar-refractivity contribution >= 4 is 23.0 Å². The Morgan fingerprint density at radius 1 is 1.23 bits per heavy atom. The summed E-state index contributed by atoms with van der Waals surface area (Å²) < 4.78 is 7.59. The van der Waals surface area contributed by atoms with E-state index in [1.54, 1.807) is 25.4 Å². The monoisotopic (exact) mass is 494 g/mol. The number of methoxy groups -OCH3 is 1. The number of nitrogens with one attached hydrogen (secondary N) is 1. The topological polar surface area (TPSA) is 88.7 Å². The second-order valence-electron chi connectivity index (χ2n) is 8.90. The first-order valence-corrected chi connectivity index (χ1v) is 11.8. The van der Waals surface area contributed by atoms with E-state index in [-0.39, 0.29) is 17.8 Å². The van der Waals surface area contributed by atoms with Gasteiger partial charge in [-0.1, -0.05) is 6.07 Å². The van der Waals surface area contributed by atoms with Crippen molar-refractivity contribution in [3.63, 3.8) is 0 Å². The molecule has 35 heavy (non-hydrogen) atoms. The zero-order valence-corrected chi connectivity index (χ0v) is 21.4. The maximum atomic E-state index is 11.5. The SMILES string of the molecule is COc1ccc([N+](=O)[O-])cc1-n1c(C)cc([C@@H]2[C@@H](c3ccccn3)NC(=S)N2CCN(C)C)c1C. The van der Waals surface area contributed by atoms with Crippen molar-refractivity contribution in [3.8, 4) is 11.4 Å². The lowest BCUT2D eigenvalue weighted by atomic mass is 9.96. The number of nitro benzene ring substituents is 1. The number of benzene rings is 1. The lowest BCUT2D eigenvalue weighted by Crippen LogP contribution is -2.35. The minimum absolute atomic E-state index is 0.0116. The predicted molar refractivity (Wildman–Crippen MR) is 139 cm³/mol. The summed E-state index contributed by atoms with van der Waals surface area (Å²) in [6.45, 7) is 5.61. The van der Waals surface area contributed by atoms with Gasteiger partial charge in [0, 0.05) is 42.8 Å². The van der Waals surface area contributed by atoms with Gasteiger partial charge in [0.15, 0.2) is 5.11 Å². The Hall–Kier alpha value is -3.50. The molecule has 0 unspecified atom stereocenters. The normalized spacial score (nSPS) is 17.7. The third-order valence-electron chi connectivity index (χ3n) is 6.39. The van der Waals surface area contributed by atoms with Crippen molar-refractivity contribution in [2.24, 2.45) is 0 Å². The largest absolute Gasteiger partial charge is 0.495 e. The molecule has 10 heteroatoms. The van der Waals surface area contributed by atoms with Crippen LogP contribution in [0.25, 0.3) is 5.69 Å². The number of likely N-dealkylation sites (N-methyl/N-ethyl adjacent to an activating group) is 1. The van der Waals surface area contributed by atoms with Crippen LogP contribution in [-0.2, 0) is 0 Å². The maximum Gasteiger partial charge on any atom is 0.271 e. The molecular weight excluding hydrogens is 464 g/mol. The van der Waals surface area contributed by atoms with E-state index in [1.165, 1.54) is 6.07 Å². The molecule has 4 rings (SSSR count). The van der Waals surface area contributed by atoms with E-state index < -0.39 is 4.92 Å². The highest BCUT2D eigenvalue weighted by molar-refractivity contribution is 7.80. The predicted octanol–water partition coefficient (Wildman–Crippen LogP) is 3.94. The number of non-ortho nitro benzene ring substituents is 1. The number of nitro groups is 1. The molecule has 1 N–H and O–H groups in total. The number of aryl methyl sites for hydroxylation is 1. The lowest BCUT2D eigenvalue weighted by molar-refractivity contribution is -0.384. The summed E-state index contributed by atoms with van der Waals surface area (Å²) in [6.07, 6.45) is 1.79. The molecule has 1 saturated heterocycles. The number of ether oxygens (including phenoxy) is 1. The minimum atomic E-state index is -0.391. The Balaban J connectivity index is 1.86. The molecule has 0 saturated carbocycles. The lowest BCUT2D eigenvalue weighted by Gasteiger charge is -2.29. The summed E-state index contributed by atoms with van der Waals surface area (Å²) in [5.74, 6) is 0.565. The first-order valence-electron chi connectivity index (χ1n) is 11.4. The van der Waals surface area contributed by atoms with Crippen LogP contribution in [0.1, 0.15) is 34.7 Å². The van der Waals surface area contributed by atoms with Gasteiger partial charge in [0.1, 0.15) is 5.75 Å². The summed E-state index contributed by atoms with van der Waals surface area (Å²) in [5.41, 5.74) is 4.54. The molecule has 2 atom stereocenters. The molecular formula is C25H30N6O3S. The van der Waals surface area contributed by atoms with Gasteiger partial charge < -0.3 is 24.4 Å². The first kappa shape index (κ1) is 24.6. The molecule has 3 aromatic rings. The first-order chi connectivity index (χ1) is 16.7. The molecule has 9 nitrogen and oxygen atoms in total. The van der Waals surface area contributed by atoms with Gasteiger partial charge in [-0.2, -0.15) is 0 Å². The number of hydrogen-bond acceptors (Lipinski definition) is 6. The van der Waals surface area contributed by atoms with E-state index in [1.807, 2.05) is 50.7 Å². The smallest absolute Gasteiger partial charge is 0.271 e. The minimum Gasteiger partial charge on any atom is -0.495 e. The van der Waals surface area contributed by atoms with Crippen molar-refractivity contribution in [2.45, 2.75) is 25.9 Å².